The topological polar surface area (TPSA) is 150 Å². The third kappa shape index (κ3) is 6.97. The van der Waals surface area contributed by atoms with Crippen molar-refractivity contribution in [3.05, 3.63) is 75.8 Å². The van der Waals surface area contributed by atoms with Crippen molar-refractivity contribution in [1.29, 1.82) is 0 Å². The van der Waals surface area contributed by atoms with Gasteiger partial charge in [0.2, 0.25) is 5.91 Å². The highest BCUT2D eigenvalue weighted by Crippen LogP contribution is 2.30. The van der Waals surface area contributed by atoms with Gasteiger partial charge in [-0.25, -0.2) is 0 Å². The maximum Gasteiger partial charge on any atom is 0.270 e. The summed E-state index contributed by atoms with van der Waals surface area (Å²) >= 11 is 0.793. The molecule has 11 heteroatoms. The molecule has 0 aliphatic carbocycles. The Hall–Kier alpha value is -3.96. The van der Waals surface area contributed by atoms with E-state index in [1.807, 2.05) is 38.1 Å². The number of amides is 3. The number of aromatic nitrogens is 1. The Labute approximate surface area is 237 Å². The Morgan fingerprint density at radius 3 is 2.62 bits per heavy atom. The highest BCUT2D eigenvalue weighted by molar-refractivity contribution is 7.09. The van der Waals surface area contributed by atoms with Gasteiger partial charge in [-0.3, -0.25) is 14.4 Å². The largest absolute Gasteiger partial charge is 0.494 e. The van der Waals surface area contributed by atoms with Gasteiger partial charge in [0.1, 0.15) is 16.7 Å². The lowest BCUT2D eigenvalue weighted by atomic mass is 10.0. The Bertz CT molecular complexity index is 1340. The fourth-order valence-corrected chi connectivity index (χ4v) is 5.49. The average Bonchev–Trinajstić information content (AvgIpc) is 3.60. The second-order valence-corrected chi connectivity index (χ2v) is 10.4. The second kappa shape index (κ2) is 13.4. The summed E-state index contributed by atoms with van der Waals surface area (Å²) in [6.07, 6.45) is 2.21. The van der Waals surface area contributed by atoms with E-state index >= 15 is 0 Å². The molecule has 1 fully saturated rings. The Kier molecular flexibility index (Phi) is 9.73. The van der Waals surface area contributed by atoms with E-state index in [9.17, 15) is 14.4 Å². The van der Waals surface area contributed by atoms with Gasteiger partial charge in [-0.05, 0) is 67.9 Å². The fourth-order valence-electron chi connectivity index (χ4n) is 4.73. The van der Waals surface area contributed by atoms with Crippen molar-refractivity contribution in [3.8, 4) is 5.75 Å². The van der Waals surface area contributed by atoms with E-state index in [1.165, 1.54) is 4.90 Å². The van der Waals surface area contributed by atoms with Crippen molar-refractivity contribution >= 4 is 34.9 Å². The minimum absolute atomic E-state index is 0.0564. The number of ether oxygens (including phenoxy) is 2. The number of anilines is 1. The molecule has 0 radical (unpaired) electrons. The van der Waals surface area contributed by atoms with E-state index in [0.29, 0.717) is 37.5 Å². The molecule has 1 aliphatic rings. The van der Waals surface area contributed by atoms with E-state index < -0.39 is 17.9 Å². The predicted molar refractivity (Wildman–Crippen MR) is 153 cm³/mol. The standard InChI is InChI=1S/C29H35N5O5S/c1-3-38-21-11-9-20(10-12-21)25(28(36)32-17-22-8-5-15-39-22)34(14-13-19-7-4-6-18(2)16-19)29(37)26-23(30)24(27(31)35)33-40-26/h4,6-7,9-12,16,22,25H,3,5,8,13-15,17,30H2,1-2H3,(H2,31,35)(H,32,36)/t22-,25-/m0/s1. The van der Waals surface area contributed by atoms with Crippen LogP contribution in [0, 0.1) is 6.92 Å². The predicted octanol–water partition coefficient (Wildman–Crippen LogP) is 3.25. The maximum absolute atomic E-state index is 14.1. The van der Waals surface area contributed by atoms with Gasteiger partial charge in [0.15, 0.2) is 5.69 Å². The average molecular weight is 566 g/mol. The van der Waals surface area contributed by atoms with Crippen LogP contribution in [0.25, 0.3) is 0 Å². The van der Waals surface area contributed by atoms with Gasteiger partial charge in [-0.1, -0.05) is 42.0 Å². The number of hydrogen-bond donors (Lipinski definition) is 3. The summed E-state index contributed by atoms with van der Waals surface area (Å²) in [6.45, 7) is 5.59. The first-order valence-corrected chi connectivity index (χ1v) is 14.1. The number of rotatable bonds is 12. The molecule has 2 aromatic carbocycles. The van der Waals surface area contributed by atoms with Gasteiger partial charge < -0.3 is 31.2 Å². The molecule has 0 unspecified atom stereocenters. The van der Waals surface area contributed by atoms with Crippen molar-refractivity contribution in [2.24, 2.45) is 5.73 Å². The third-order valence-corrected chi connectivity index (χ3v) is 7.59. The molecular weight excluding hydrogens is 530 g/mol. The number of carbonyl (C=O) groups excluding carboxylic acids is 3. The molecule has 1 saturated heterocycles. The molecule has 4 rings (SSSR count). The number of carbonyl (C=O) groups is 3. The van der Waals surface area contributed by atoms with Gasteiger partial charge in [0.05, 0.1) is 18.4 Å². The first-order chi connectivity index (χ1) is 19.3. The van der Waals surface area contributed by atoms with Gasteiger partial charge >= 0.3 is 0 Å². The van der Waals surface area contributed by atoms with Crippen LogP contribution in [0.4, 0.5) is 5.69 Å². The van der Waals surface area contributed by atoms with E-state index in [2.05, 4.69) is 9.69 Å². The van der Waals surface area contributed by atoms with Crippen LogP contribution in [0.15, 0.2) is 48.5 Å². The number of nitrogen functional groups attached to an aromatic ring is 1. The Morgan fingerprint density at radius 1 is 1.23 bits per heavy atom. The van der Waals surface area contributed by atoms with Crippen LogP contribution in [-0.4, -0.2) is 59.4 Å². The van der Waals surface area contributed by atoms with E-state index in [-0.39, 0.29) is 34.8 Å². The SMILES string of the molecule is CCOc1ccc([C@@H](C(=O)NC[C@@H]2CCCO2)N(CCc2cccc(C)c2)C(=O)c2snc(C(N)=O)c2N)cc1. The summed E-state index contributed by atoms with van der Waals surface area (Å²) in [7, 11) is 0. The molecule has 5 N–H and O–H groups in total. The molecule has 3 amide bonds. The number of nitrogens with zero attached hydrogens (tertiary/aromatic N) is 2. The highest BCUT2D eigenvalue weighted by Gasteiger charge is 2.35. The van der Waals surface area contributed by atoms with Crippen LogP contribution in [0.1, 0.15) is 62.7 Å². The molecule has 0 bridgehead atoms. The van der Waals surface area contributed by atoms with Crippen LogP contribution >= 0.6 is 11.5 Å². The van der Waals surface area contributed by atoms with Crippen molar-refractivity contribution in [2.75, 3.05) is 32.0 Å². The summed E-state index contributed by atoms with van der Waals surface area (Å²) in [5.74, 6) is -1.03. The lowest BCUT2D eigenvalue weighted by molar-refractivity contribution is -0.126. The molecule has 2 atom stereocenters. The number of aryl methyl sites for hydroxylation is 1. The second-order valence-electron chi connectivity index (χ2n) is 9.66. The molecule has 0 spiro atoms. The van der Waals surface area contributed by atoms with Gasteiger partial charge in [-0.2, -0.15) is 4.37 Å². The monoisotopic (exact) mass is 565 g/mol. The van der Waals surface area contributed by atoms with Gasteiger partial charge in [0.25, 0.3) is 11.8 Å². The molecule has 212 valence electrons. The number of primary amides is 1. The molecule has 10 nitrogen and oxygen atoms in total. The maximum atomic E-state index is 14.1. The molecule has 1 aromatic heterocycles. The number of hydrogen-bond acceptors (Lipinski definition) is 8. The summed E-state index contributed by atoms with van der Waals surface area (Å²) in [5, 5.41) is 2.99. The minimum atomic E-state index is -0.993. The van der Waals surface area contributed by atoms with Crippen LogP contribution < -0.4 is 21.5 Å². The van der Waals surface area contributed by atoms with E-state index in [0.717, 1.165) is 35.5 Å². The number of nitrogens with two attached hydrogens (primary N) is 2. The van der Waals surface area contributed by atoms with Crippen molar-refractivity contribution in [3.63, 3.8) is 0 Å². The van der Waals surface area contributed by atoms with Crippen molar-refractivity contribution in [2.45, 2.75) is 45.3 Å². The Balaban J connectivity index is 1.72. The number of benzene rings is 2. The quantitative estimate of drug-likeness (QED) is 0.305. The summed E-state index contributed by atoms with van der Waals surface area (Å²) < 4.78 is 15.3. The summed E-state index contributed by atoms with van der Waals surface area (Å²) in [6, 6.07) is 14.1. The lowest BCUT2D eigenvalue weighted by Gasteiger charge is -2.31. The van der Waals surface area contributed by atoms with Crippen LogP contribution in [0.5, 0.6) is 5.75 Å². The van der Waals surface area contributed by atoms with Crippen molar-refractivity contribution < 1.29 is 23.9 Å². The molecule has 40 heavy (non-hydrogen) atoms. The highest BCUT2D eigenvalue weighted by atomic mass is 32.1. The van der Waals surface area contributed by atoms with Crippen molar-refractivity contribution in [1.82, 2.24) is 14.6 Å². The molecule has 2 heterocycles. The Morgan fingerprint density at radius 2 is 2.00 bits per heavy atom. The van der Waals surface area contributed by atoms with Crippen LogP contribution in [0.2, 0.25) is 0 Å². The van der Waals surface area contributed by atoms with Crippen LogP contribution in [-0.2, 0) is 16.0 Å². The molecular formula is C29H35N5O5S. The van der Waals surface area contributed by atoms with Crippen LogP contribution in [0.3, 0.4) is 0 Å². The van der Waals surface area contributed by atoms with E-state index in [4.69, 9.17) is 20.9 Å². The normalized spacial score (nSPS) is 15.4. The molecule has 3 aromatic rings. The van der Waals surface area contributed by atoms with Gasteiger partial charge in [0, 0.05) is 19.7 Å². The zero-order valence-electron chi connectivity index (χ0n) is 22.7. The number of nitrogens with one attached hydrogen (secondary N) is 1. The summed E-state index contributed by atoms with van der Waals surface area (Å²) in [5.41, 5.74) is 14.0. The summed E-state index contributed by atoms with van der Waals surface area (Å²) in [4.78, 5) is 41.3. The fraction of sp³-hybridized carbons (Fsp3) is 0.379. The zero-order valence-corrected chi connectivity index (χ0v) is 23.5. The zero-order chi connectivity index (χ0) is 28.6. The lowest BCUT2D eigenvalue weighted by Crippen LogP contribution is -2.46. The molecule has 0 saturated carbocycles. The smallest absolute Gasteiger partial charge is 0.270 e. The van der Waals surface area contributed by atoms with E-state index in [1.54, 1.807) is 24.3 Å². The van der Waals surface area contributed by atoms with Gasteiger partial charge in [-0.15, -0.1) is 0 Å². The first-order valence-electron chi connectivity index (χ1n) is 13.3. The third-order valence-electron chi connectivity index (χ3n) is 6.74. The first kappa shape index (κ1) is 29.0. The molecule has 1 aliphatic heterocycles. The minimum Gasteiger partial charge on any atom is -0.494 e.